The Morgan fingerprint density at radius 1 is 1.24 bits per heavy atom. The van der Waals surface area contributed by atoms with Gasteiger partial charge in [-0.1, -0.05) is 5.16 Å². The molecule has 2 atom stereocenters. The molecule has 0 spiro atoms. The lowest BCUT2D eigenvalue weighted by molar-refractivity contribution is 0.0123. The summed E-state index contributed by atoms with van der Waals surface area (Å²) in [4.78, 5) is 24.7. The van der Waals surface area contributed by atoms with Crippen molar-refractivity contribution >= 4 is 11.6 Å². The van der Waals surface area contributed by atoms with Crippen LogP contribution in [-0.4, -0.2) is 44.8 Å². The molecule has 1 aromatic rings. The summed E-state index contributed by atoms with van der Waals surface area (Å²) >= 11 is 0. The number of rotatable bonds is 3. The van der Waals surface area contributed by atoms with E-state index in [2.05, 4.69) is 35.5 Å². The normalized spacial score (nSPS) is 34.1. The highest BCUT2D eigenvalue weighted by molar-refractivity contribution is 5.94. The molecule has 2 unspecified atom stereocenters. The molecule has 3 fully saturated rings. The van der Waals surface area contributed by atoms with E-state index in [-0.39, 0.29) is 17.0 Å². The van der Waals surface area contributed by atoms with Gasteiger partial charge in [-0.3, -0.25) is 4.79 Å². The molecule has 0 radical (unpaired) electrons. The van der Waals surface area contributed by atoms with E-state index in [0.717, 1.165) is 19.5 Å². The van der Waals surface area contributed by atoms with Crippen LogP contribution in [-0.2, 0) is 10.4 Å². The predicted molar refractivity (Wildman–Crippen MR) is 93.3 cm³/mol. The van der Waals surface area contributed by atoms with Crippen molar-refractivity contribution in [1.29, 1.82) is 0 Å². The Bertz CT molecular complexity index is 749. The van der Waals surface area contributed by atoms with Crippen LogP contribution in [0.5, 0.6) is 0 Å². The minimum absolute atomic E-state index is 0.0811. The lowest BCUT2D eigenvalue weighted by Crippen LogP contribution is -2.36. The second-order valence-electron chi connectivity index (χ2n) is 9.19. The highest BCUT2D eigenvalue weighted by atomic mass is 16.7. The smallest absolute Gasteiger partial charge is 0.274 e. The van der Waals surface area contributed by atoms with Gasteiger partial charge in [-0.25, -0.2) is 4.98 Å². The molecule has 3 heterocycles. The van der Waals surface area contributed by atoms with Crippen LogP contribution in [0.15, 0.2) is 17.7 Å². The first kappa shape index (κ1) is 15.4. The maximum absolute atomic E-state index is 12.8. The average Bonchev–Trinajstić information content (AvgIpc) is 3.01. The number of hydrogen-bond donors (Lipinski definition) is 0. The molecule has 6 nitrogen and oxygen atoms in total. The van der Waals surface area contributed by atoms with E-state index in [9.17, 15) is 4.79 Å². The molecule has 5 rings (SSSR count). The first-order valence-electron chi connectivity index (χ1n) is 9.45. The third-order valence-electron chi connectivity index (χ3n) is 6.74. The lowest BCUT2D eigenvalue weighted by Gasteiger charge is -2.39. The summed E-state index contributed by atoms with van der Waals surface area (Å²) in [5.41, 5.74) is 1.80. The molecule has 1 saturated heterocycles. The highest BCUT2D eigenvalue weighted by Gasteiger charge is 2.60. The lowest BCUT2D eigenvalue weighted by atomic mass is 9.78. The summed E-state index contributed by atoms with van der Waals surface area (Å²) in [5.74, 6) is 1.73. The predicted octanol–water partition coefficient (Wildman–Crippen LogP) is 2.66. The number of carbonyl (C=O) groups excluding carboxylic acids is 1. The van der Waals surface area contributed by atoms with Gasteiger partial charge in [-0.2, -0.15) is 0 Å². The Balaban J connectivity index is 1.22. The second kappa shape index (κ2) is 4.86. The van der Waals surface area contributed by atoms with Crippen LogP contribution in [0.2, 0.25) is 0 Å². The van der Waals surface area contributed by atoms with Gasteiger partial charge in [0.2, 0.25) is 0 Å². The van der Waals surface area contributed by atoms with Crippen molar-refractivity contribution in [2.75, 3.05) is 13.1 Å². The summed E-state index contributed by atoms with van der Waals surface area (Å²) in [5, 5.41) is 4.30. The van der Waals surface area contributed by atoms with Crippen molar-refractivity contribution in [3.63, 3.8) is 0 Å². The molecule has 25 heavy (non-hydrogen) atoms. The van der Waals surface area contributed by atoms with Crippen LogP contribution in [0.3, 0.4) is 0 Å². The average molecular weight is 342 g/mol. The molecular formula is C19H26N4O2. The minimum atomic E-state index is -0.161. The Kier molecular flexibility index (Phi) is 3.00. The van der Waals surface area contributed by atoms with Gasteiger partial charge in [0, 0.05) is 37.2 Å². The van der Waals surface area contributed by atoms with E-state index in [0.29, 0.717) is 23.4 Å². The zero-order valence-corrected chi connectivity index (χ0v) is 15.2. The number of oxime groups is 1. The quantitative estimate of drug-likeness (QED) is 0.848. The topological polar surface area (TPSA) is 59.7 Å². The fourth-order valence-corrected chi connectivity index (χ4v) is 4.89. The van der Waals surface area contributed by atoms with Crippen LogP contribution >= 0.6 is 0 Å². The molecule has 4 aliphatic rings. The molecule has 134 valence electrons. The van der Waals surface area contributed by atoms with E-state index in [1.165, 1.54) is 25.0 Å². The van der Waals surface area contributed by atoms with Crippen LogP contribution < -0.4 is 0 Å². The number of imidazole rings is 1. The van der Waals surface area contributed by atoms with E-state index in [4.69, 9.17) is 4.84 Å². The Labute approximate surface area is 148 Å². The standard InChI is InChI=1S/C19H26N4O2/c1-18(2)7-14(21-25-18)16-12-8-22(9-13(12)16)17(24)15-10-23(11-20-15)19(3)5-4-6-19/h10-13,16H,4-9H2,1-3H3. The van der Waals surface area contributed by atoms with Gasteiger partial charge in [0.15, 0.2) is 0 Å². The van der Waals surface area contributed by atoms with Crippen LogP contribution in [0.1, 0.15) is 56.9 Å². The number of piperidine rings is 1. The van der Waals surface area contributed by atoms with E-state index in [1.807, 2.05) is 17.4 Å². The van der Waals surface area contributed by atoms with Crippen LogP contribution in [0.4, 0.5) is 0 Å². The van der Waals surface area contributed by atoms with Gasteiger partial charge in [0.05, 0.1) is 12.0 Å². The number of amides is 1. The van der Waals surface area contributed by atoms with Gasteiger partial charge in [0.25, 0.3) is 5.91 Å². The molecule has 0 aromatic carbocycles. The van der Waals surface area contributed by atoms with E-state index in [1.54, 1.807) is 0 Å². The van der Waals surface area contributed by atoms with Crippen molar-refractivity contribution in [1.82, 2.24) is 14.5 Å². The Hall–Kier alpha value is -1.85. The van der Waals surface area contributed by atoms with Crippen molar-refractivity contribution < 1.29 is 9.63 Å². The van der Waals surface area contributed by atoms with Gasteiger partial charge in [-0.15, -0.1) is 0 Å². The second-order valence-corrected chi connectivity index (χ2v) is 9.19. The van der Waals surface area contributed by atoms with Gasteiger partial charge >= 0.3 is 0 Å². The number of fused-ring (bicyclic) bond motifs is 1. The fourth-order valence-electron chi connectivity index (χ4n) is 4.89. The molecule has 2 saturated carbocycles. The van der Waals surface area contributed by atoms with Gasteiger partial charge in [0.1, 0.15) is 11.3 Å². The Morgan fingerprint density at radius 3 is 2.52 bits per heavy atom. The van der Waals surface area contributed by atoms with Crippen molar-refractivity contribution in [3.8, 4) is 0 Å². The number of aromatic nitrogens is 2. The third-order valence-corrected chi connectivity index (χ3v) is 6.74. The molecule has 0 N–H and O–H groups in total. The number of carbonyl (C=O) groups is 1. The van der Waals surface area contributed by atoms with Gasteiger partial charge < -0.3 is 14.3 Å². The molecule has 0 bridgehead atoms. The number of hydrogen-bond acceptors (Lipinski definition) is 4. The zero-order chi connectivity index (χ0) is 17.4. The summed E-state index contributed by atoms with van der Waals surface area (Å²) < 4.78 is 2.13. The maximum atomic E-state index is 12.8. The summed E-state index contributed by atoms with van der Waals surface area (Å²) in [6.07, 6.45) is 8.31. The summed E-state index contributed by atoms with van der Waals surface area (Å²) in [6, 6.07) is 0. The first-order chi connectivity index (χ1) is 11.9. The molecule has 6 heteroatoms. The molecule has 2 aliphatic carbocycles. The molecule has 2 aliphatic heterocycles. The SMILES string of the molecule is CC1(C)CC(C2C3CN(C(=O)c4cn(C5(C)CCC5)cn4)CC32)=NO1. The highest BCUT2D eigenvalue weighted by Crippen LogP contribution is 2.54. The van der Waals surface area contributed by atoms with E-state index < -0.39 is 0 Å². The summed E-state index contributed by atoms with van der Waals surface area (Å²) in [6.45, 7) is 8.07. The molecule has 1 aromatic heterocycles. The molecular weight excluding hydrogens is 316 g/mol. The third kappa shape index (κ3) is 2.33. The van der Waals surface area contributed by atoms with Crippen LogP contribution in [0, 0.1) is 17.8 Å². The van der Waals surface area contributed by atoms with Crippen LogP contribution in [0.25, 0.3) is 0 Å². The fraction of sp³-hybridized carbons (Fsp3) is 0.737. The van der Waals surface area contributed by atoms with Crippen molar-refractivity contribution in [2.24, 2.45) is 22.9 Å². The van der Waals surface area contributed by atoms with Crippen molar-refractivity contribution in [2.45, 2.75) is 57.6 Å². The first-order valence-corrected chi connectivity index (χ1v) is 9.45. The monoisotopic (exact) mass is 342 g/mol. The molecule has 1 amide bonds. The van der Waals surface area contributed by atoms with Crippen molar-refractivity contribution in [3.05, 3.63) is 18.2 Å². The number of nitrogens with zero attached hydrogens (tertiary/aromatic N) is 4. The van der Waals surface area contributed by atoms with Gasteiger partial charge in [-0.05, 0) is 51.9 Å². The maximum Gasteiger partial charge on any atom is 0.274 e. The summed E-state index contributed by atoms with van der Waals surface area (Å²) in [7, 11) is 0. The zero-order valence-electron chi connectivity index (χ0n) is 15.2. The Morgan fingerprint density at radius 2 is 1.96 bits per heavy atom. The van der Waals surface area contributed by atoms with E-state index >= 15 is 0 Å². The minimum Gasteiger partial charge on any atom is -0.389 e. The number of likely N-dealkylation sites (tertiary alicyclic amines) is 1. The largest absolute Gasteiger partial charge is 0.389 e.